The van der Waals surface area contributed by atoms with Crippen molar-refractivity contribution >= 4 is 5.91 Å². The third kappa shape index (κ3) is 3.99. The van der Waals surface area contributed by atoms with Crippen LogP contribution in [0.15, 0.2) is 40.8 Å². The van der Waals surface area contributed by atoms with E-state index < -0.39 is 0 Å². The van der Waals surface area contributed by atoms with Gasteiger partial charge in [-0.05, 0) is 62.5 Å². The number of amides is 1. The molecule has 23 heavy (non-hydrogen) atoms. The molecule has 2 heterocycles. The Balaban J connectivity index is 1.55. The van der Waals surface area contributed by atoms with E-state index in [1.165, 1.54) is 18.9 Å². The fourth-order valence-electron chi connectivity index (χ4n) is 2.91. The van der Waals surface area contributed by atoms with Crippen molar-refractivity contribution in [3.8, 4) is 11.3 Å². The molecule has 2 N–H and O–H groups in total. The minimum atomic E-state index is -0.362. The molecule has 1 saturated heterocycles. The molecule has 1 aliphatic heterocycles. The van der Waals surface area contributed by atoms with Crippen molar-refractivity contribution < 1.29 is 13.6 Å². The molecular formula is C18H21FN2O2. The highest BCUT2D eigenvalue weighted by atomic mass is 19.1. The number of rotatable bonds is 5. The Morgan fingerprint density at radius 3 is 2.96 bits per heavy atom. The highest BCUT2D eigenvalue weighted by molar-refractivity contribution is 5.92. The molecule has 1 aromatic carbocycles. The number of halogens is 1. The average molecular weight is 316 g/mol. The number of carbonyl (C=O) groups excluding carboxylic acids is 1. The Bertz CT molecular complexity index is 663. The van der Waals surface area contributed by atoms with Gasteiger partial charge in [0.15, 0.2) is 5.76 Å². The highest BCUT2D eigenvalue weighted by Gasteiger charge is 2.16. The summed E-state index contributed by atoms with van der Waals surface area (Å²) < 4.78 is 19.2. The van der Waals surface area contributed by atoms with Crippen LogP contribution >= 0.6 is 0 Å². The summed E-state index contributed by atoms with van der Waals surface area (Å²) in [5.74, 6) is 0.583. The maximum absolute atomic E-state index is 13.7. The number of hydrogen-bond donors (Lipinski definition) is 2. The van der Waals surface area contributed by atoms with Crippen molar-refractivity contribution in [3.05, 3.63) is 48.0 Å². The topological polar surface area (TPSA) is 54.3 Å². The normalized spacial score (nSPS) is 17.9. The van der Waals surface area contributed by atoms with Crippen molar-refractivity contribution in [1.29, 1.82) is 0 Å². The van der Waals surface area contributed by atoms with E-state index in [0.717, 1.165) is 19.5 Å². The summed E-state index contributed by atoms with van der Waals surface area (Å²) in [7, 11) is 0. The van der Waals surface area contributed by atoms with Gasteiger partial charge in [0.1, 0.15) is 11.6 Å². The molecule has 1 aliphatic rings. The summed E-state index contributed by atoms with van der Waals surface area (Å²) in [6.07, 6.45) is 3.36. The van der Waals surface area contributed by atoms with Crippen LogP contribution in [0.4, 0.5) is 4.39 Å². The van der Waals surface area contributed by atoms with Crippen molar-refractivity contribution in [1.82, 2.24) is 10.6 Å². The van der Waals surface area contributed by atoms with Crippen molar-refractivity contribution in [3.63, 3.8) is 0 Å². The lowest BCUT2D eigenvalue weighted by Gasteiger charge is -2.22. The predicted octanol–water partition coefficient (Wildman–Crippen LogP) is 3.21. The zero-order valence-electron chi connectivity index (χ0n) is 13.0. The van der Waals surface area contributed by atoms with Crippen LogP contribution in [0, 0.1) is 11.7 Å². The van der Waals surface area contributed by atoms with Crippen molar-refractivity contribution in [2.75, 3.05) is 19.6 Å². The third-order valence-corrected chi connectivity index (χ3v) is 4.21. The number of furan rings is 1. The van der Waals surface area contributed by atoms with Crippen molar-refractivity contribution in [2.45, 2.75) is 19.3 Å². The monoisotopic (exact) mass is 316 g/mol. The predicted molar refractivity (Wildman–Crippen MR) is 86.6 cm³/mol. The van der Waals surface area contributed by atoms with E-state index in [1.54, 1.807) is 30.3 Å². The van der Waals surface area contributed by atoms with Crippen LogP contribution in [-0.2, 0) is 0 Å². The average Bonchev–Trinajstić information content (AvgIpc) is 3.06. The lowest BCUT2D eigenvalue weighted by molar-refractivity contribution is 0.0923. The first kappa shape index (κ1) is 15.7. The summed E-state index contributed by atoms with van der Waals surface area (Å²) in [5.41, 5.74) is 0.361. The van der Waals surface area contributed by atoms with Gasteiger partial charge < -0.3 is 15.1 Å². The number of benzene rings is 1. The van der Waals surface area contributed by atoms with Crippen molar-refractivity contribution in [2.24, 2.45) is 5.92 Å². The molecule has 1 atom stereocenters. The summed E-state index contributed by atoms with van der Waals surface area (Å²) >= 11 is 0. The van der Waals surface area contributed by atoms with Crippen LogP contribution in [0.2, 0.25) is 0 Å². The standard InChI is InChI=1S/C18H21FN2O2/c19-15-6-2-1-5-14(15)16-7-8-17(23-16)18(22)21-11-9-13-4-3-10-20-12-13/h1-2,5-8,13,20H,3-4,9-12H2,(H,21,22). The van der Waals surface area contributed by atoms with E-state index in [0.29, 0.717) is 23.8 Å². The quantitative estimate of drug-likeness (QED) is 0.890. The molecule has 0 spiro atoms. The Hall–Kier alpha value is -2.14. The molecule has 0 bridgehead atoms. The first-order chi connectivity index (χ1) is 11.2. The second-order valence-corrected chi connectivity index (χ2v) is 5.90. The van der Waals surface area contributed by atoms with E-state index >= 15 is 0 Å². The first-order valence-corrected chi connectivity index (χ1v) is 8.07. The smallest absolute Gasteiger partial charge is 0.287 e. The molecule has 0 aliphatic carbocycles. The molecule has 0 radical (unpaired) electrons. The Kier molecular flexibility index (Phi) is 5.08. The van der Waals surface area contributed by atoms with Gasteiger partial charge in [0.05, 0.1) is 5.56 Å². The van der Waals surface area contributed by atoms with E-state index in [4.69, 9.17) is 4.42 Å². The summed E-state index contributed by atoms with van der Waals surface area (Å²) in [5, 5.41) is 6.24. The van der Waals surface area contributed by atoms with Crippen LogP contribution < -0.4 is 10.6 Å². The van der Waals surface area contributed by atoms with Crippen LogP contribution in [0.5, 0.6) is 0 Å². The zero-order valence-corrected chi connectivity index (χ0v) is 13.0. The molecule has 4 nitrogen and oxygen atoms in total. The lowest BCUT2D eigenvalue weighted by Crippen LogP contribution is -2.33. The van der Waals surface area contributed by atoms with E-state index in [2.05, 4.69) is 10.6 Å². The minimum absolute atomic E-state index is 0.213. The summed E-state index contributed by atoms with van der Waals surface area (Å²) in [4.78, 5) is 12.1. The van der Waals surface area contributed by atoms with E-state index in [9.17, 15) is 9.18 Å². The van der Waals surface area contributed by atoms with Gasteiger partial charge in [-0.3, -0.25) is 4.79 Å². The van der Waals surface area contributed by atoms with Crippen LogP contribution in [0.1, 0.15) is 29.8 Å². The van der Waals surface area contributed by atoms with Crippen LogP contribution in [0.25, 0.3) is 11.3 Å². The fourth-order valence-corrected chi connectivity index (χ4v) is 2.91. The molecular weight excluding hydrogens is 295 g/mol. The molecule has 3 rings (SSSR count). The van der Waals surface area contributed by atoms with Gasteiger partial charge in [0.25, 0.3) is 5.91 Å². The van der Waals surface area contributed by atoms with Gasteiger partial charge in [0, 0.05) is 6.54 Å². The first-order valence-electron chi connectivity index (χ1n) is 8.07. The molecule has 1 amide bonds. The number of hydrogen-bond acceptors (Lipinski definition) is 3. The SMILES string of the molecule is O=C(NCCC1CCCNC1)c1ccc(-c2ccccc2F)o1. The number of nitrogens with one attached hydrogen (secondary N) is 2. The number of carbonyl (C=O) groups is 1. The molecule has 1 fully saturated rings. The minimum Gasteiger partial charge on any atom is -0.451 e. The van der Waals surface area contributed by atoms with Crippen LogP contribution in [-0.4, -0.2) is 25.5 Å². The fraction of sp³-hybridized carbons (Fsp3) is 0.389. The maximum Gasteiger partial charge on any atom is 0.287 e. The van der Waals surface area contributed by atoms with Crippen LogP contribution in [0.3, 0.4) is 0 Å². The van der Waals surface area contributed by atoms with E-state index in [1.807, 2.05) is 0 Å². The molecule has 2 aromatic rings. The third-order valence-electron chi connectivity index (χ3n) is 4.21. The number of piperidine rings is 1. The van der Waals surface area contributed by atoms with E-state index in [-0.39, 0.29) is 17.5 Å². The second kappa shape index (κ2) is 7.42. The lowest BCUT2D eigenvalue weighted by atomic mass is 9.96. The van der Waals surface area contributed by atoms with Gasteiger partial charge in [-0.2, -0.15) is 0 Å². The molecule has 122 valence electrons. The Morgan fingerprint density at radius 1 is 1.30 bits per heavy atom. The Labute approximate surface area is 135 Å². The van der Waals surface area contributed by atoms with Gasteiger partial charge >= 0.3 is 0 Å². The second-order valence-electron chi connectivity index (χ2n) is 5.90. The molecule has 0 saturated carbocycles. The zero-order chi connectivity index (χ0) is 16.1. The summed E-state index contributed by atoms with van der Waals surface area (Å²) in [6, 6.07) is 9.56. The molecule has 5 heteroatoms. The molecule has 1 aromatic heterocycles. The van der Waals surface area contributed by atoms with Gasteiger partial charge in [-0.25, -0.2) is 4.39 Å². The van der Waals surface area contributed by atoms with Gasteiger partial charge in [-0.15, -0.1) is 0 Å². The maximum atomic E-state index is 13.7. The largest absolute Gasteiger partial charge is 0.451 e. The molecule has 1 unspecified atom stereocenters. The highest BCUT2D eigenvalue weighted by Crippen LogP contribution is 2.24. The Morgan fingerprint density at radius 2 is 2.17 bits per heavy atom. The van der Waals surface area contributed by atoms with Gasteiger partial charge in [-0.1, -0.05) is 12.1 Å². The summed E-state index contributed by atoms with van der Waals surface area (Å²) in [6.45, 7) is 2.74. The van der Waals surface area contributed by atoms with Gasteiger partial charge in [0.2, 0.25) is 0 Å².